The van der Waals surface area contributed by atoms with E-state index >= 15 is 0 Å². The van der Waals surface area contributed by atoms with Crippen molar-refractivity contribution in [3.63, 3.8) is 0 Å². The summed E-state index contributed by atoms with van der Waals surface area (Å²) >= 11 is 0. The Morgan fingerprint density at radius 1 is 1.04 bits per heavy atom. The summed E-state index contributed by atoms with van der Waals surface area (Å²) in [5, 5.41) is 14.5. The molecule has 3 rings (SSSR count). The quantitative estimate of drug-likeness (QED) is 0.616. The number of nitrogens with zero attached hydrogens (tertiary/aromatic N) is 3. The molecule has 0 fully saturated rings. The first kappa shape index (κ1) is 19.2. The van der Waals surface area contributed by atoms with E-state index in [9.17, 15) is 13.2 Å². The third-order valence-corrected chi connectivity index (χ3v) is 3.97. The average Bonchev–Trinajstić information content (AvgIpc) is 2.68. The molecule has 0 amide bonds. The minimum atomic E-state index is -4.63. The van der Waals surface area contributed by atoms with E-state index in [2.05, 4.69) is 20.6 Å². The topological polar surface area (TPSA) is 73.6 Å². The van der Waals surface area contributed by atoms with Gasteiger partial charge in [-0.25, -0.2) is 4.98 Å². The SMILES string of the molecule is CCc1ccc(Nc2ncc(C(F)(F)F)c(Nc3cccc(C#N)c3)n2)cc1. The second-order valence-corrected chi connectivity index (χ2v) is 5.95. The number of aryl methyl sites for hydroxylation is 1. The summed E-state index contributed by atoms with van der Waals surface area (Å²) in [6.45, 7) is 2.03. The lowest BCUT2D eigenvalue weighted by molar-refractivity contribution is -0.137. The van der Waals surface area contributed by atoms with Gasteiger partial charge in [0.05, 0.1) is 11.6 Å². The van der Waals surface area contributed by atoms with Gasteiger partial charge in [0.25, 0.3) is 0 Å². The van der Waals surface area contributed by atoms with Crippen molar-refractivity contribution in [1.82, 2.24) is 9.97 Å². The molecule has 0 saturated heterocycles. The van der Waals surface area contributed by atoms with Crippen LogP contribution in [0, 0.1) is 11.3 Å². The zero-order chi connectivity index (χ0) is 20.1. The minimum Gasteiger partial charge on any atom is -0.340 e. The second kappa shape index (κ2) is 7.96. The maximum Gasteiger partial charge on any atom is 0.421 e. The largest absolute Gasteiger partial charge is 0.421 e. The Bertz CT molecular complexity index is 1010. The van der Waals surface area contributed by atoms with Crippen LogP contribution in [0.15, 0.2) is 54.7 Å². The van der Waals surface area contributed by atoms with Crippen molar-refractivity contribution >= 4 is 23.1 Å². The molecule has 0 aliphatic carbocycles. The summed E-state index contributed by atoms with van der Waals surface area (Å²) in [4.78, 5) is 7.78. The first-order valence-corrected chi connectivity index (χ1v) is 8.46. The fraction of sp³-hybridized carbons (Fsp3) is 0.150. The molecule has 8 heteroatoms. The van der Waals surface area contributed by atoms with Gasteiger partial charge in [0.15, 0.2) is 0 Å². The lowest BCUT2D eigenvalue weighted by atomic mass is 10.1. The molecule has 0 aliphatic rings. The Morgan fingerprint density at radius 3 is 2.43 bits per heavy atom. The number of alkyl halides is 3. The summed E-state index contributed by atoms with van der Waals surface area (Å²) in [5.74, 6) is -0.374. The van der Waals surface area contributed by atoms with Crippen LogP contribution in [0.1, 0.15) is 23.6 Å². The number of benzene rings is 2. The van der Waals surface area contributed by atoms with Crippen LogP contribution in [0.3, 0.4) is 0 Å². The summed E-state index contributed by atoms with van der Waals surface area (Å²) < 4.78 is 40.0. The number of nitrogens with one attached hydrogen (secondary N) is 2. The monoisotopic (exact) mass is 383 g/mol. The van der Waals surface area contributed by atoms with Gasteiger partial charge in [0.1, 0.15) is 11.4 Å². The first-order valence-electron chi connectivity index (χ1n) is 8.46. The van der Waals surface area contributed by atoms with Crippen molar-refractivity contribution in [3.8, 4) is 6.07 Å². The molecular formula is C20H16F3N5. The van der Waals surface area contributed by atoms with Gasteiger partial charge in [-0.2, -0.15) is 23.4 Å². The summed E-state index contributed by atoms with van der Waals surface area (Å²) in [5.41, 5.74) is 1.44. The number of hydrogen-bond acceptors (Lipinski definition) is 5. The number of nitriles is 1. The van der Waals surface area contributed by atoms with Gasteiger partial charge >= 0.3 is 6.18 Å². The molecule has 142 valence electrons. The molecule has 3 aromatic rings. The molecule has 0 unspecified atom stereocenters. The second-order valence-electron chi connectivity index (χ2n) is 5.95. The maximum absolute atomic E-state index is 13.3. The molecule has 0 bridgehead atoms. The number of aromatic nitrogens is 2. The van der Waals surface area contributed by atoms with E-state index in [-0.39, 0.29) is 5.95 Å². The Kier molecular flexibility index (Phi) is 5.45. The number of rotatable bonds is 5. The molecule has 2 aromatic carbocycles. The van der Waals surface area contributed by atoms with E-state index in [4.69, 9.17) is 5.26 Å². The van der Waals surface area contributed by atoms with Crippen LogP contribution in [0.5, 0.6) is 0 Å². The van der Waals surface area contributed by atoms with E-state index in [1.54, 1.807) is 18.2 Å². The van der Waals surface area contributed by atoms with Crippen LogP contribution in [0.25, 0.3) is 0 Å². The fourth-order valence-electron chi connectivity index (χ4n) is 2.50. The molecule has 2 N–H and O–H groups in total. The smallest absolute Gasteiger partial charge is 0.340 e. The highest BCUT2D eigenvalue weighted by molar-refractivity contribution is 5.64. The zero-order valence-corrected chi connectivity index (χ0v) is 14.9. The normalized spacial score (nSPS) is 11.0. The lowest BCUT2D eigenvalue weighted by Gasteiger charge is -2.15. The first-order chi connectivity index (χ1) is 13.4. The standard InChI is InChI=1S/C20H16F3N5/c1-2-13-6-8-15(9-7-13)27-19-25-12-17(20(21,22)23)18(28-19)26-16-5-3-4-14(10-16)11-24/h3-10,12H,2H2,1H3,(H2,25,26,27,28). The van der Waals surface area contributed by atoms with Crippen LogP contribution in [-0.2, 0) is 12.6 Å². The van der Waals surface area contributed by atoms with Gasteiger partial charge in [-0.3, -0.25) is 0 Å². The number of halogens is 3. The van der Waals surface area contributed by atoms with Crippen molar-refractivity contribution in [2.45, 2.75) is 19.5 Å². The predicted molar refractivity (Wildman–Crippen MR) is 101 cm³/mol. The molecule has 5 nitrogen and oxygen atoms in total. The van der Waals surface area contributed by atoms with E-state index in [1.807, 2.05) is 37.3 Å². The summed E-state index contributed by atoms with van der Waals surface area (Å²) in [7, 11) is 0. The van der Waals surface area contributed by atoms with Crippen LogP contribution in [-0.4, -0.2) is 9.97 Å². The molecule has 0 aliphatic heterocycles. The minimum absolute atomic E-state index is 0.0242. The van der Waals surface area contributed by atoms with E-state index in [0.717, 1.165) is 18.2 Å². The van der Waals surface area contributed by atoms with E-state index in [0.29, 0.717) is 16.9 Å². The van der Waals surface area contributed by atoms with Crippen molar-refractivity contribution < 1.29 is 13.2 Å². The van der Waals surface area contributed by atoms with Crippen molar-refractivity contribution in [2.24, 2.45) is 0 Å². The highest BCUT2D eigenvalue weighted by Crippen LogP contribution is 2.35. The lowest BCUT2D eigenvalue weighted by Crippen LogP contribution is -2.12. The van der Waals surface area contributed by atoms with Crippen molar-refractivity contribution in [1.29, 1.82) is 5.26 Å². The molecule has 0 saturated carbocycles. The highest BCUT2D eigenvalue weighted by atomic mass is 19.4. The molecule has 0 spiro atoms. The van der Waals surface area contributed by atoms with Gasteiger partial charge in [-0.05, 0) is 42.3 Å². The molecule has 0 radical (unpaired) electrons. The maximum atomic E-state index is 13.3. The third kappa shape index (κ3) is 4.57. The van der Waals surface area contributed by atoms with Crippen LogP contribution >= 0.6 is 0 Å². The molecule has 0 atom stereocenters. The van der Waals surface area contributed by atoms with Crippen LogP contribution in [0.4, 0.5) is 36.3 Å². The Labute approximate surface area is 159 Å². The van der Waals surface area contributed by atoms with Gasteiger partial charge < -0.3 is 10.6 Å². The summed E-state index contributed by atoms with van der Waals surface area (Å²) in [6.07, 6.45) is -3.02. The molecule has 1 aromatic heterocycles. The zero-order valence-electron chi connectivity index (χ0n) is 14.9. The Hall–Kier alpha value is -3.60. The van der Waals surface area contributed by atoms with Crippen LogP contribution in [0.2, 0.25) is 0 Å². The summed E-state index contributed by atoms with van der Waals surface area (Å²) in [6, 6.07) is 15.5. The third-order valence-electron chi connectivity index (χ3n) is 3.97. The molecule has 28 heavy (non-hydrogen) atoms. The predicted octanol–water partition coefficient (Wildman–Crippen LogP) is 5.42. The number of hydrogen-bond donors (Lipinski definition) is 2. The molecular weight excluding hydrogens is 367 g/mol. The fourth-order valence-corrected chi connectivity index (χ4v) is 2.50. The van der Waals surface area contributed by atoms with Gasteiger partial charge in [0, 0.05) is 17.6 Å². The van der Waals surface area contributed by atoms with Gasteiger partial charge in [-0.1, -0.05) is 25.1 Å². The van der Waals surface area contributed by atoms with Crippen molar-refractivity contribution in [3.05, 3.63) is 71.4 Å². The van der Waals surface area contributed by atoms with Gasteiger partial charge in [-0.15, -0.1) is 0 Å². The van der Waals surface area contributed by atoms with E-state index in [1.165, 1.54) is 6.07 Å². The average molecular weight is 383 g/mol. The van der Waals surface area contributed by atoms with Gasteiger partial charge in [0.2, 0.25) is 5.95 Å². The van der Waals surface area contributed by atoms with Crippen LogP contribution < -0.4 is 10.6 Å². The molecule has 1 heterocycles. The van der Waals surface area contributed by atoms with Crippen molar-refractivity contribution in [2.75, 3.05) is 10.6 Å². The van der Waals surface area contributed by atoms with E-state index < -0.39 is 17.6 Å². The number of anilines is 4. The highest BCUT2D eigenvalue weighted by Gasteiger charge is 2.35. The Morgan fingerprint density at radius 2 is 1.79 bits per heavy atom. The Balaban J connectivity index is 1.93.